The monoisotopic (exact) mass is 508 g/mol. The van der Waals surface area contributed by atoms with E-state index in [4.69, 9.17) is 0 Å². The number of hydrogen-bond donors (Lipinski definition) is 3. The van der Waals surface area contributed by atoms with E-state index in [0.717, 1.165) is 17.3 Å². The molecule has 1 rings (SSSR count). The molecule has 0 aliphatic rings. The number of amides is 2. The number of carboxylic acid groups (broad SMARTS) is 1. The molecule has 0 radical (unpaired) electrons. The molecule has 0 heterocycles. The summed E-state index contributed by atoms with van der Waals surface area (Å²) in [5, 5.41) is 13.9. The van der Waals surface area contributed by atoms with E-state index in [2.05, 4.69) is 15.4 Å². The second-order valence-corrected chi connectivity index (χ2v) is 10.1. The Hall–Kier alpha value is -2.88. The lowest BCUT2D eigenvalue weighted by Gasteiger charge is -2.25. The van der Waals surface area contributed by atoms with Crippen LogP contribution in [0.3, 0.4) is 0 Å². The Bertz CT molecular complexity index is 861. The molecule has 10 heteroatoms. The molecule has 0 saturated carbocycles. The van der Waals surface area contributed by atoms with Gasteiger partial charge in [0.25, 0.3) is 0 Å². The predicted molar refractivity (Wildman–Crippen MR) is 134 cm³/mol. The van der Waals surface area contributed by atoms with E-state index in [1.807, 2.05) is 19.9 Å². The number of benzene rings is 1. The minimum absolute atomic E-state index is 0.0439. The van der Waals surface area contributed by atoms with Crippen LogP contribution >= 0.6 is 11.8 Å². The summed E-state index contributed by atoms with van der Waals surface area (Å²) in [6.07, 6.45) is 1.99. The molecular weight excluding hydrogens is 472 g/mol. The molecule has 0 bridgehead atoms. The largest absolute Gasteiger partial charge is 0.480 e. The summed E-state index contributed by atoms with van der Waals surface area (Å²) < 4.78 is 4.61. The van der Waals surface area contributed by atoms with E-state index >= 15 is 0 Å². The average molecular weight is 509 g/mol. The normalized spacial score (nSPS) is 13.4. The minimum Gasteiger partial charge on any atom is -0.480 e. The van der Waals surface area contributed by atoms with Crippen LogP contribution in [0.2, 0.25) is 0 Å². The molecule has 9 nitrogen and oxygen atoms in total. The van der Waals surface area contributed by atoms with E-state index in [0.29, 0.717) is 25.7 Å². The fourth-order valence-electron chi connectivity index (χ4n) is 3.43. The van der Waals surface area contributed by atoms with Crippen LogP contribution in [0.25, 0.3) is 0 Å². The zero-order valence-corrected chi connectivity index (χ0v) is 21.6. The summed E-state index contributed by atoms with van der Waals surface area (Å²) in [6, 6.07) is 6.84. The highest BCUT2D eigenvalue weighted by molar-refractivity contribution is 8.14. The summed E-state index contributed by atoms with van der Waals surface area (Å²) in [7, 11) is 1.30. The quantitative estimate of drug-likeness (QED) is 0.243. The molecule has 0 fully saturated rings. The summed E-state index contributed by atoms with van der Waals surface area (Å²) >= 11 is 0.872. The number of nitrogens with one attached hydrogen (secondary N) is 2. The van der Waals surface area contributed by atoms with E-state index in [1.54, 1.807) is 24.3 Å². The van der Waals surface area contributed by atoms with Crippen molar-refractivity contribution < 1.29 is 33.8 Å². The first kappa shape index (κ1) is 30.2. The summed E-state index contributed by atoms with van der Waals surface area (Å²) in [5.41, 5.74) is 0.759. The minimum atomic E-state index is -1.17. The van der Waals surface area contributed by atoms with Crippen molar-refractivity contribution in [2.75, 3.05) is 7.11 Å². The predicted octanol–water partition coefficient (Wildman–Crippen LogP) is 2.71. The van der Waals surface area contributed by atoms with Gasteiger partial charge in [-0.25, -0.2) is 4.79 Å². The van der Waals surface area contributed by atoms with Gasteiger partial charge in [-0.1, -0.05) is 62.4 Å². The van der Waals surface area contributed by atoms with Crippen LogP contribution < -0.4 is 10.6 Å². The van der Waals surface area contributed by atoms with Crippen LogP contribution in [-0.4, -0.2) is 58.4 Å². The standard InChI is InChI=1S/C25H36N2O7S/c1-16(2)14-19(23(30)27-20(25(32)33)15-18-10-6-5-7-11-18)26-24(31)21(35-17(3)28)12-8-9-13-22(29)34-4/h5-7,10-11,16,19-21H,8-9,12-15H2,1-4H3,(H,26,31)(H,27,30)(H,32,33)/t19-,20-,21?/m0/s1. The summed E-state index contributed by atoms with van der Waals surface area (Å²) in [6.45, 7) is 5.14. The molecule has 0 aromatic heterocycles. The smallest absolute Gasteiger partial charge is 0.326 e. The van der Waals surface area contributed by atoms with Gasteiger partial charge < -0.3 is 20.5 Å². The lowest BCUT2D eigenvalue weighted by Crippen LogP contribution is -2.54. The Balaban J connectivity index is 2.88. The SMILES string of the molecule is COC(=O)CCCCC(SC(C)=O)C(=O)N[C@@H](CC(C)C)C(=O)N[C@@H](Cc1ccccc1)C(=O)O. The lowest BCUT2D eigenvalue weighted by molar-refractivity contribution is -0.142. The van der Waals surface area contributed by atoms with Crippen molar-refractivity contribution in [2.24, 2.45) is 5.92 Å². The van der Waals surface area contributed by atoms with Gasteiger partial charge in [0.1, 0.15) is 12.1 Å². The van der Waals surface area contributed by atoms with Crippen molar-refractivity contribution in [1.29, 1.82) is 0 Å². The lowest BCUT2D eigenvalue weighted by atomic mass is 10.0. The Morgan fingerprint density at radius 3 is 2.14 bits per heavy atom. The molecule has 3 atom stereocenters. The number of methoxy groups -OCH3 is 1. The number of aliphatic carboxylic acids is 1. The van der Waals surface area contributed by atoms with Crippen LogP contribution in [0.15, 0.2) is 30.3 Å². The molecule has 2 amide bonds. The molecule has 35 heavy (non-hydrogen) atoms. The molecule has 1 unspecified atom stereocenters. The van der Waals surface area contributed by atoms with E-state index < -0.39 is 35.1 Å². The Morgan fingerprint density at radius 2 is 1.60 bits per heavy atom. The molecule has 1 aromatic carbocycles. The molecule has 0 aliphatic carbocycles. The van der Waals surface area contributed by atoms with Crippen LogP contribution in [0, 0.1) is 5.92 Å². The number of rotatable bonds is 15. The van der Waals surface area contributed by atoms with Crippen molar-refractivity contribution >= 4 is 40.6 Å². The second kappa shape index (κ2) is 15.9. The molecule has 1 aromatic rings. The van der Waals surface area contributed by atoms with E-state index in [9.17, 15) is 29.1 Å². The van der Waals surface area contributed by atoms with E-state index in [-0.39, 0.29) is 29.8 Å². The van der Waals surface area contributed by atoms with Crippen LogP contribution in [0.5, 0.6) is 0 Å². The van der Waals surface area contributed by atoms with Crippen LogP contribution in [0.1, 0.15) is 58.4 Å². The topological polar surface area (TPSA) is 139 Å². The van der Waals surface area contributed by atoms with Crippen molar-refractivity contribution in [3.63, 3.8) is 0 Å². The van der Waals surface area contributed by atoms with Gasteiger partial charge in [-0.05, 0) is 30.7 Å². The Labute approximate surface area is 210 Å². The van der Waals surface area contributed by atoms with Gasteiger partial charge in [-0.15, -0.1) is 0 Å². The van der Waals surface area contributed by atoms with E-state index in [1.165, 1.54) is 14.0 Å². The number of carboxylic acids is 1. The number of esters is 1. The number of unbranched alkanes of at least 4 members (excludes halogenated alkanes) is 1. The molecule has 194 valence electrons. The number of carbonyl (C=O) groups is 5. The third-order valence-corrected chi connectivity index (χ3v) is 6.23. The van der Waals surface area contributed by atoms with Crippen molar-refractivity contribution in [2.45, 2.75) is 76.6 Å². The highest BCUT2D eigenvalue weighted by Crippen LogP contribution is 2.20. The molecule has 0 spiro atoms. The first-order chi connectivity index (χ1) is 16.5. The maximum absolute atomic E-state index is 13.0. The van der Waals surface area contributed by atoms with Gasteiger partial charge in [0.2, 0.25) is 11.8 Å². The van der Waals surface area contributed by atoms with Crippen molar-refractivity contribution in [1.82, 2.24) is 10.6 Å². The zero-order chi connectivity index (χ0) is 26.4. The number of ether oxygens (including phenoxy) is 1. The summed E-state index contributed by atoms with van der Waals surface area (Å²) in [4.78, 5) is 60.8. The van der Waals surface area contributed by atoms with Crippen LogP contribution in [0.4, 0.5) is 0 Å². The first-order valence-corrected chi connectivity index (χ1v) is 12.5. The molecule has 0 aliphatic heterocycles. The Kier molecular flexibility index (Phi) is 13.7. The van der Waals surface area contributed by atoms with Gasteiger partial charge >= 0.3 is 11.9 Å². The van der Waals surface area contributed by atoms with Gasteiger partial charge in [-0.2, -0.15) is 0 Å². The van der Waals surface area contributed by atoms with Crippen LogP contribution in [-0.2, 0) is 35.1 Å². The van der Waals surface area contributed by atoms with Crippen molar-refractivity contribution in [3.05, 3.63) is 35.9 Å². The fraction of sp³-hybridized carbons (Fsp3) is 0.560. The average Bonchev–Trinajstić information content (AvgIpc) is 2.79. The van der Waals surface area contributed by atoms with Crippen molar-refractivity contribution in [3.8, 4) is 0 Å². The van der Waals surface area contributed by atoms with Gasteiger partial charge in [0, 0.05) is 19.8 Å². The number of carbonyl (C=O) groups excluding carboxylic acids is 4. The maximum Gasteiger partial charge on any atom is 0.326 e. The van der Waals surface area contributed by atoms with Gasteiger partial charge in [-0.3, -0.25) is 19.2 Å². The highest BCUT2D eigenvalue weighted by Gasteiger charge is 2.30. The number of thioether (sulfide) groups is 1. The first-order valence-electron chi connectivity index (χ1n) is 11.6. The molecular formula is C25H36N2O7S. The third kappa shape index (κ3) is 12.4. The third-order valence-electron chi connectivity index (χ3n) is 5.16. The molecule has 0 saturated heterocycles. The fourth-order valence-corrected chi connectivity index (χ4v) is 4.30. The molecule has 3 N–H and O–H groups in total. The number of hydrogen-bond acceptors (Lipinski definition) is 7. The second-order valence-electron chi connectivity index (χ2n) is 8.70. The Morgan fingerprint density at radius 1 is 0.971 bits per heavy atom. The highest BCUT2D eigenvalue weighted by atomic mass is 32.2. The van der Waals surface area contributed by atoms with Gasteiger partial charge in [0.15, 0.2) is 5.12 Å². The maximum atomic E-state index is 13.0. The summed E-state index contributed by atoms with van der Waals surface area (Å²) in [5.74, 6) is -2.54. The zero-order valence-electron chi connectivity index (χ0n) is 20.7. The van der Waals surface area contributed by atoms with Gasteiger partial charge in [0.05, 0.1) is 12.4 Å².